The summed E-state index contributed by atoms with van der Waals surface area (Å²) in [5.74, 6) is 0.983. The number of rotatable bonds is 5. The van der Waals surface area contributed by atoms with Gasteiger partial charge in [-0.15, -0.1) is 10.2 Å². The molecule has 3 aromatic carbocycles. The van der Waals surface area contributed by atoms with Crippen LogP contribution in [0.2, 0.25) is 0 Å². The first-order valence-electron chi connectivity index (χ1n) is 9.18. The van der Waals surface area contributed by atoms with Gasteiger partial charge in [0.05, 0.1) is 17.1 Å². The van der Waals surface area contributed by atoms with E-state index in [-0.39, 0.29) is 0 Å². The molecular weight excluding hydrogens is 362 g/mol. The molecule has 5 rings (SSSR count). The van der Waals surface area contributed by atoms with Crippen LogP contribution in [-0.4, -0.2) is 29.5 Å². The van der Waals surface area contributed by atoms with Crippen molar-refractivity contribution in [2.45, 2.75) is 0 Å². The van der Waals surface area contributed by atoms with Gasteiger partial charge in [-0.2, -0.15) is 9.97 Å². The first-order valence-corrected chi connectivity index (χ1v) is 9.18. The zero-order valence-corrected chi connectivity index (χ0v) is 15.4. The highest BCUT2D eigenvalue weighted by atomic mass is 15.5. The lowest BCUT2D eigenvalue weighted by atomic mass is 10.3. The van der Waals surface area contributed by atoms with Gasteiger partial charge in [0.2, 0.25) is 0 Å². The summed E-state index contributed by atoms with van der Waals surface area (Å²) in [4.78, 5) is 10.9. The van der Waals surface area contributed by atoms with Gasteiger partial charge in [-0.3, -0.25) is 0 Å². The first kappa shape index (κ1) is 16.9. The Morgan fingerprint density at radius 2 is 0.931 bits per heavy atom. The SMILES string of the molecule is c1ccc(N(c2ncn(-c3ccccc3)n2)c2ncn(-c3ccccc3)n2)cc1. The molecule has 2 heterocycles. The Morgan fingerprint density at radius 1 is 0.517 bits per heavy atom. The lowest BCUT2D eigenvalue weighted by Gasteiger charge is -2.17. The predicted molar refractivity (Wildman–Crippen MR) is 111 cm³/mol. The Labute approximate surface area is 167 Å². The van der Waals surface area contributed by atoms with Crippen molar-refractivity contribution in [3.8, 4) is 11.4 Å². The standard InChI is InChI=1S/C22H17N7/c1-4-10-18(11-5-1)27-16-23-21(25-27)29(20-14-8-3-9-15-20)22-24-17-28(26-22)19-12-6-2-7-13-19/h1-17H. The molecule has 0 aliphatic rings. The Hall–Kier alpha value is -4.26. The Morgan fingerprint density at radius 3 is 1.38 bits per heavy atom. The van der Waals surface area contributed by atoms with Gasteiger partial charge in [-0.25, -0.2) is 14.3 Å². The van der Waals surface area contributed by atoms with Gasteiger partial charge >= 0.3 is 0 Å². The molecule has 0 bridgehead atoms. The summed E-state index contributed by atoms with van der Waals surface area (Å²) in [6, 6.07) is 29.6. The van der Waals surface area contributed by atoms with Gasteiger partial charge in [-0.1, -0.05) is 54.6 Å². The maximum atomic E-state index is 4.66. The van der Waals surface area contributed by atoms with Gasteiger partial charge in [0.15, 0.2) is 0 Å². The van der Waals surface area contributed by atoms with E-state index < -0.39 is 0 Å². The molecule has 5 aromatic rings. The number of benzene rings is 3. The van der Waals surface area contributed by atoms with Crippen molar-refractivity contribution < 1.29 is 0 Å². The third-order valence-electron chi connectivity index (χ3n) is 4.42. The van der Waals surface area contributed by atoms with Crippen molar-refractivity contribution in [1.29, 1.82) is 0 Å². The number of para-hydroxylation sites is 3. The third kappa shape index (κ3) is 3.37. The number of hydrogen-bond donors (Lipinski definition) is 0. The van der Waals surface area contributed by atoms with Gasteiger partial charge < -0.3 is 0 Å². The number of anilines is 3. The molecule has 0 amide bonds. The Kier molecular flexibility index (Phi) is 4.31. The van der Waals surface area contributed by atoms with Gasteiger partial charge in [0.25, 0.3) is 11.9 Å². The molecule has 0 aliphatic carbocycles. The van der Waals surface area contributed by atoms with Crippen LogP contribution in [0, 0.1) is 0 Å². The topological polar surface area (TPSA) is 64.7 Å². The highest BCUT2D eigenvalue weighted by molar-refractivity contribution is 5.67. The van der Waals surface area contributed by atoms with E-state index in [0.717, 1.165) is 17.1 Å². The molecule has 0 fully saturated rings. The van der Waals surface area contributed by atoms with E-state index in [1.54, 1.807) is 22.0 Å². The minimum atomic E-state index is 0.492. The van der Waals surface area contributed by atoms with E-state index in [2.05, 4.69) is 20.2 Å². The van der Waals surface area contributed by atoms with Crippen molar-refractivity contribution >= 4 is 17.6 Å². The second-order valence-electron chi connectivity index (χ2n) is 6.32. The maximum Gasteiger partial charge on any atom is 0.256 e. The molecule has 0 unspecified atom stereocenters. The van der Waals surface area contributed by atoms with E-state index in [9.17, 15) is 0 Å². The molecule has 0 spiro atoms. The smallest absolute Gasteiger partial charge is 0.244 e. The average molecular weight is 379 g/mol. The van der Waals surface area contributed by atoms with Crippen molar-refractivity contribution in [1.82, 2.24) is 29.5 Å². The van der Waals surface area contributed by atoms with E-state index in [1.165, 1.54) is 0 Å². The molecule has 0 aliphatic heterocycles. The average Bonchev–Trinajstić information content (AvgIpc) is 3.47. The van der Waals surface area contributed by atoms with Crippen molar-refractivity contribution in [3.05, 3.63) is 104 Å². The van der Waals surface area contributed by atoms with Crippen LogP contribution >= 0.6 is 0 Å². The summed E-state index contributed by atoms with van der Waals surface area (Å²) in [6.45, 7) is 0. The molecule has 29 heavy (non-hydrogen) atoms. The summed E-state index contributed by atoms with van der Waals surface area (Å²) >= 11 is 0. The molecule has 0 saturated carbocycles. The second kappa shape index (κ2) is 7.40. The summed E-state index contributed by atoms with van der Waals surface area (Å²) in [5, 5.41) is 9.32. The Balaban J connectivity index is 1.57. The van der Waals surface area contributed by atoms with E-state index in [4.69, 9.17) is 0 Å². The summed E-state index contributed by atoms with van der Waals surface area (Å²) < 4.78 is 3.47. The molecule has 2 aromatic heterocycles. The van der Waals surface area contributed by atoms with Crippen LogP contribution in [-0.2, 0) is 0 Å². The summed E-state index contributed by atoms with van der Waals surface area (Å²) in [6.07, 6.45) is 3.38. The minimum absolute atomic E-state index is 0.492. The molecule has 7 nitrogen and oxygen atoms in total. The van der Waals surface area contributed by atoms with Crippen LogP contribution in [0.3, 0.4) is 0 Å². The summed E-state index contributed by atoms with van der Waals surface area (Å²) in [5.41, 5.74) is 2.74. The first-order chi connectivity index (χ1) is 14.4. The van der Waals surface area contributed by atoms with Crippen LogP contribution in [0.1, 0.15) is 0 Å². The van der Waals surface area contributed by atoms with Crippen molar-refractivity contribution in [2.75, 3.05) is 4.90 Å². The number of aromatic nitrogens is 6. The summed E-state index contributed by atoms with van der Waals surface area (Å²) in [7, 11) is 0. The van der Waals surface area contributed by atoms with Crippen molar-refractivity contribution in [3.63, 3.8) is 0 Å². The highest BCUT2D eigenvalue weighted by Crippen LogP contribution is 2.29. The van der Waals surface area contributed by atoms with Crippen LogP contribution in [0.5, 0.6) is 0 Å². The van der Waals surface area contributed by atoms with Crippen molar-refractivity contribution in [2.24, 2.45) is 0 Å². The van der Waals surface area contributed by atoms with E-state index in [0.29, 0.717) is 11.9 Å². The molecule has 0 radical (unpaired) electrons. The molecule has 0 saturated heterocycles. The molecular formula is C22H17N7. The van der Waals surface area contributed by atoms with E-state index in [1.807, 2.05) is 95.9 Å². The fraction of sp³-hybridized carbons (Fsp3) is 0. The monoisotopic (exact) mass is 379 g/mol. The number of nitrogens with zero attached hydrogens (tertiary/aromatic N) is 7. The zero-order valence-electron chi connectivity index (χ0n) is 15.4. The normalized spacial score (nSPS) is 10.8. The van der Waals surface area contributed by atoms with Gasteiger partial charge in [0, 0.05) is 0 Å². The fourth-order valence-corrected chi connectivity index (χ4v) is 3.02. The Bertz CT molecular complexity index is 1120. The lowest BCUT2D eigenvalue weighted by Crippen LogP contribution is -2.14. The molecule has 140 valence electrons. The van der Waals surface area contributed by atoms with Crippen LogP contribution in [0.4, 0.5) is 17.6 Å². The molecule has 0 N–H and O–H groups in total. The van der Waals surface area contributed by atoms with Crippen LogP contribution < -0.4 is 4.90 Å². The zero-order chi connectivity index (χ0) is 19.5. The number of hydrogen-bond acceptors (Lipinski definition) is 5. The second-order valence-corrected chi connectivity index (χ2v) is 6.32. The third-order valence-corrected chi connectivity index (χ3v) is 4.42. The lowest BCUT2D eigenvalue weighted by molar-refractivity contribution is 0.858. The van der Waals surface area contributed by atoms with Crippen LogP contribution in [0.25, 0.3) is 11.4 Å². The van der Waals surface area contributed by atoms with Crippen LogP contribution in [0.15, 0.2) is 104 Å². The maximum absolute atomic E-state index is 4.66. The minimum Gasteiger partial charge on any atom is -0.244 e. The quantitative estimate of drug-likeness (QED) is 0.455. The largest absolute Gasteiger partial charge is 0.256 e. The van der Waals surface area contributed by atoms with Gasteiger partial charge in [-0.05, 0) is 36.4 Å². The van der Waals surface area contributed by atoms with E-state index >= 15 is 0 Å². The highest BCUT2D eigenvalue weighted by Gasteiger charge is 2.20. The predicted octanol–water partition coefficient (Wildman–Crippen LogP) is 4.32. The molecule has 7 heteroatoms. The molecule has 0 atom stereocenters. The fourth-order valence-electron chi connectivity index (χ4n) is 3.02. The van der Waals surface area contributed by atoms with Gasteiger partial charge in [0.1, 0.15) is 12.7 Å².